The average molecular weight is 405 g/mol. The second kappa shape index (κ2) is 12.0. The lowest BCUT2D eigenvalue weighted by Crippen LogP contribution is -2.38. The van der Waals surface area contributed by atoms with Gasteiger partial charge in [0.25, 0.3) is 0 Å². The van der Waals surface area contributed by atoms with E-state index in [1.54, 1.807) is 0 Å². The maximum Gasteiger partial charge on any atom is 0.303 e. The fraction of sp³-hybridized carbons (Fsp3) is 0.667. The van der Waals surface area contributed by atoms with Gasteiger partial charge in [-0.15, -0.1) is 0 Å². The smallest absolute Gasteiger partial charge is 0.303 e. The summed E-state index contributed by atoms with van der Waals surface area (Å²) in [4.78, 5) is 18.2. The standard InChI is InChI=1S/C24H40N2O3/c1-16(2)20-10-9-11-21(17(3)4)24(20)29-22(12-13-23(27)28)25-14-15-26(18(5)6)19(7)8/h9-11,16-19H,12-15H2,1-8H3,(H,27,28). The Labute approximate surface area is 177 Å². The Morgan fingerprint density at radius 2 is 1.48 bits per heavy atom. The summed E-state index contributed by atoms with van der Waals surface area (Å²) < 4.78 is 6.32. The largest absolute Gasteiger partial charge is 0.481 e. The van der Waals surface area contributed by atoms with Crippen LogP contribution < -0.4 is 4.74 Å². The first-order chi connectivity index (χ1) is 13.5. The zero-order chi connectivity index (χ0) is 22.1. The minimum absolute atomic E-state index is 0.0117. The Kier molecular flexibility index (Phi) is 10.4. The summed E-state index contributed by atoms with van der Waals surface area (Å²) in [5.41, 5.74) is 2.26. The minimum atomic E-state index is -0.839. The van der Waals surface area contributed by atoms with Crippen LogP contribution in [-0.2, 0) is 4.79 Å². The lowest BCUT2D eigenvalue weighted by Gasteiger charge is -2.29. The molecule has 29 heavy (non-hydrogen) atoms. The molecule has 1 aromatic rings. The van der Waals surface area contributed by atoms with Crippen LogP contribution in [0.1, 0.15) is 91.2 Å². The van der Waals surface area contributed by atoms with Gasteiger partial charge < -0.3 is 9.84 Å². The van der Waals surface area contributed by atoms with Crippen LogP contribution in [0.25, 0.3) is 0 Å². The molecule has 0 fully saturated rings. The number of rotatable bonds is 11. The molecule has 0 aromatic heterocycles. The van der Waals surface area contributed by atoms with Gasteiger partial charge in [0.1, 0.15) is 5.75 Å². The summed E-state index contributed by atoms with van der Waals surface area (Å²) >= 11 is 0. The normalized spacial score (nSPS) is 12.7. The number of carboxylic acid groups (broad SMARTS) is 1. The molecule has 0 amide bonds. The summed E-state index contributed by atoms with van der Waals surface area (Å²) in [6.45, 7) is 18.7. The Morgan fingerprint density at radius 1 is 0.966 bits per heavy atom. The van der Waals surface area contributed by atoms with Gasteiger partial charge >= 0.3 is 5.97 Å². The number of aliphatic imine (C=N–C) groups is 1. The molecule has 0 spiro atoms. The van der Waals surface area contributed by atoms with E-state index in [-0.39, 0.29) is 6.42 Å². The Hall–Kier alpha value is -1.88. The number of benzene rings is 1. The maximum atomic E-state index is 11.1. The molecule has 1 N–H and O–H groups in total. The van der Waals surface area contributed by atoms with Crippen molar-refractivity contribution < 1.29 is 14.6 Å². The van der Waals surface area contributed by atoms with Crippen molar-refractivity contribution in [2.75, 3.05) is 13.1 Å². The number of hydrogen-bond acceptors (Lipinski definition) is 4. The highest BCUT2D eigenvalue weighted by Crippen LogP contribution is 2.35. The van der Waals surface area contributed by atoms with Gasteiger partial charge in [0, 0.05) is 25.0 Å². The molecule has 0 aliphatic carbocycles. The van der Waals surface area contributed by atoms with Gasteiger partial charge in [-0.1, -0.05) is 45.9 Å². The van der Waals surface area contributed by atoms with Crippen LogP contribution >= 0.6 is 0 Å². The molecule has 0 radical (unpaired) electrons. The molecule has 5 heteroatoms. The second-order valence-corrected chi connectivity index (χ2v) is 8.77. The minimum Gasteiger partial charge on any atom is -0.481 e. The quantitative estimate of drug-likeness (QED) is 0.380. The second-order valence-electron chi connectivity index (χ2n) is 8.77. The lowest BCUT2D eigenvalue weighted by molar-refractivity contribution is -0.136. The van der Waals surface area contributed by atoms with Crippen LogP contribution in [-0.4, -0.2) is 47.0 Å². The van der Waals surface area contributed by atoms with E-state index in [4.69, 9.17) is 9.84 Å². The average Bonchev–Trinajstić information content (AvgIpc) is 2.61. The summed E-state index contributed by atoms with van der Waals surface area (Å²) in [6, 6.07) is 7.10. The molecule has 0 saturated carbocycles. The summed E-state index contributed by atoms with van der Waals surface area (Å²) in [5.74, 6) is 1.12. The molecule has 1 aromatic carbocycles. The highest BCUT2D eigenvalue weighted by atomic mass is 16.5. The van der Waals surface area contributed by atoms with Crippen molar-refractivity contribution in [1.29, 1.82) is 0 Å². The van der Waals surface area contributed by atoms with E-state index in [9.17, 15) is 4.79 Å². The van der Waals surface area contributed by atoms with Crippen molar-refractivity contribution in [1.82, 2.24) is 4.90 Å². The Balaban J connectivity index is 3.15. The first-order valence-electron chi connectivity index (χ1n) is 10.9. The highest BCUT2D eigenvalue weighted by molar-refractivity contribution is 5.83. The molecule has 0 aliphatic rings. The molecule has 164 valence electrons. The topological polar surface area (TPSA) is 62.1 Å². The SMILES string of the molecule is CC(C)c1cccc(C(C)C)c1OC(CCC(=O)O)=NCCN(C(C)C)C(C)C. The highest BCUT2D eigenvalue weighted by Gasteiger charge is 2.18. The van der Waals surface area contributed by atoms with Crippen molar-refractivity contribution in [3.8, 4) is 5.75 Å². The Morgan fingerprint density at radius 3 is 1.90 bits per heavy atom. The molecule has 0 heterocycles. The van der Waals surface area contributed by atoms with E-state index in [1.807, 2.05) is 0 Å². The predicted molar refractivity (Wildman–Crippen MR) is 121 cm³/mol. The van der Waals surface area contributed by atoms with Crippen LogP contribution in [0.3, 0.4) is 0 Å². The fourth-order valence-corrected chi connectivity index (χ4v) is 3.50. The van der Waals surface area contributed by atoms with Gasteiger partial charge in [-0.25, -0.2) is 0 Å². The predicted octanol–water partition coefficient (Wildman–Crippen LogP) is 5.69. The molecule has 0 unspecified atom stereocenters. The third-order valence-corrected chi connectivity index (χ3v) is 5.07. The number of para-hydroxylation sites is 1. The van der Waals surface area contributed by atoms with Gasteiger partial charge in [-0.2, -0.15) is 0 Å². The molecule has 0 bridgehead atoms. The van der Waals surface area contributed by atoms with Crippen LogP contribution in [0.5, 0.6) is 5.75 Å². The van der Waals surface area contributed by atoms with Crippen molar-refractivity contribution in [2.24, 2.45) is 4.99 Å². The number of aliphatic carboxylic acids is 1. The van der Waals surface area contributed by atoms with E-state index < -0.39 is 5.97 Å². The molecule has 0 atom stereocenters. The number of ether oxygens (including phenoxy) is 1. The molecule has 0 saturated heterocycles. The maximum absolute atomic E-state index is 11.1. The summed E-state index contributed by atoms with van der Waals surface area (Å²) in [5, 5.41) is 9.15. The third-order valence-electron chi connectivity index (χ3n) is 5.07. The number of hydrogen-bond donors (Lipinski definition) is 1. The van der Waals surface area contributed by atoms with E-state index in [1.165, 1.54) is 0 Å². The molecular formula is C24H40N2O3. The third kappa shape index (κ3) is 8.17. The zero-order valence-electron chi connectivity index (χ0n) is 19.5. The van der Waals surface area contributed by atoms with E-state index in [2.05, 4.69) is 83.5 Å². The van der Waals surface area contributed by atoms with Crippen molar-refractivity contribution in [3.05, 3.63) is 29.3 Å². The molecule has 5 nitrogen and oxygen atoms in total. The molecule has 1 rings (SSSR count). The molecular weight excluding hydrogens is 364 g/mol. The molecule has 0 aliphatic heterocycles. The van der Waals surface area contributed by atoms with Gasteiger partial charge in [0.2, 0.25) is 0 Å². The van der Waals surface area contributed by atoms with Crippen molar-refractivity contribution in [3.63, 3.8) is 0 Å². The number of nitrogens with zero attached hydrogens (tertiary/aromatic N) is 2. The zero-order valence-corrected chi connectivity index (χ0v) is 19.5. The monoisotopic (exact) mass is 404 g/mol. The van der Waals surface area contributed by atoms with Gasteiger partial charge in [-0.05, 0) is 50.7 Å². The van der Waals surface area contributed by atoms with Gasteiger partial charge in [0.05, 0.1) is 13.0 Å². The van der Waals surface area contributed by atoms with Gasteiger partial charge in [0.15, 0.2) is 5.90 Å². The van der Waals surface area contributed by atoms with Crippen LogP contribution in [0.15, 0.2) is 23.2 Å². The number of carboxylic acids is 1. The van der Waals surface area contributed by atoms with Gasteiger partial charge in [-0.3, -0.25) is 14.7 Å². The number of carbonyl (C=O) groups is 1. The van der Waals surface area contributed by atoms with Crippen LogP contribution in [0, 0.1) is 0 Å². The fourth-order valence-electron chi connectivity index (χ4n) is 3.50. The van der Waals surface area contributed by atoms with E-state index >= 15 is 0 Å². The van der Waals surface area contributed by atoms with Crippen LogP contribution in [0.2, 0.25) is 0 Å². The summed E-state index contributed by atoms with van der Waals surface area (Å²) in [6.07, 6.45) is 0.306. The lowest BCUT2D eigenvalue weighted by atomic mass is 9.94. The van der Waals surface area contributed by atoms with Crippen LogP contribution in [0.4, 0.5) is 0 Å². The summed E-state index contributed by atoms with van der Waals surface area (Å²) in [7, 11) is 0. The Bertz CT molecular complexity index is 644. The van der Waals surface area contributed by atoms with E-state index in [0.29, 0.717) is 42.8 Å². The van der Waals surface area contributed by atoms with E-state index in [0.717, 1.165) is 23.4 Å². The first-order valence-corrected chi connectivity index (χ1v) is 10.9. The van der Waals surface area contributed by atoms with Crippen molar-refractivity contribution in [2.45, 2.75) is 92.2 Å². The van der Waals surface area contributed by atoms with Crippen molar-refractivity contribution >= 4 is 11.9 Å². The first kappa shape index (κ1) is 25.2.